The molecule has 1 N–H and O–H groups in total. The molecule has 10 heteroatoms. The van der Waals surface area contributed by atoms with Gasteiger partial charge < -0.3 is 0 Å². The molecule has 0 aromatic heterocycles. The number of nitro benzene ring substituents is 1. The standard InChI is InChI=1S/C24H30N4O5S/c1-24(2,3)23-26(4)22(29)20(17-18-11-6-5-7-12-18)27(23)16-10-15-25-34(32,33)21-14-9-8-13-19(21)28(30)31/h5-14,16,20,23,25H,15,17H2,1-4H3/q+1/b27-16-/t20-,23+/m1/s1. The van der Waals surface area contributed by atoms with E-state index in [0.29, 0.717) is 6.42 Å². The average molecular weight is 487 g/mol. The number of hydrogen-bond acceptors (Lipinski definition) is 5. The summed E-state index contributed by atoms with van der Waals surface area (Å²) in [5, 5.41) is 11.2. The highest BCUT2D eigenvalue weighted by Crippen LogP contribution is 2.32. The lowest BCUT2D eigenvalue weighted by Crippen LogP contribution is -2.44. The molecule has 1 aliphatic heterocycles. The van der Waals surface area contributed by atoms with Gasteiger partial charge in [-0.1, -0.05) is 63.2 Å². The number of benzene rings is 2. The number of sulfonamides is 1. The molecule has 0 aliphatic carbocycles. The van der Waals surface area contributed by atoms with Crippen molar-refractivity contribution in [3.05, 3.63) is 76.7 Å². The predicted molar refractivity (Wildman–Crippen MR) is 129 cm³/mol. The third kappa shape index (κ3) is 5.51. The van der Waals surface area contributed by atoms with Crippen LogP contribution in [0, 0.1) is 22.0 Å². The Bertz CT molecular complexity index is 1190. The maximum atomic E-state index is 13.1. The first kappa shape index (κ1) is 25.5. The third-order valence-electron chi connectivity index (χ3n) is 5.71. The summed E-state index contributed by atoms with van der Waals surface area (Å²) in [6, 6.07) is 14.5. The van der Waals surface area contributed by atoms with Crippen LogP contribution >= 0.6 is 0 Å². The van der Waals surface area contributed by atoms with E-state index in [1.807, 2.05) is 55.7 Å². The number of likely N-dealkylation sites (N-methyl/N-ethyl adjacent to an activating group) is 1. The minimum absolute atomic E-state index is 0.00563. The van der Waals surface area contributed by atoms with Gasteiger partial charge in [0.25, 0.3) is 11.6 Å². The first-order valence-electron chi connectivity index (χ1n) is 10.9. The van der Waals surface area contributed by atoms with E-state index in [4.69, 9.17) is 0 Å². The smallest absolute Gasteiger partial charge is 0.282 e. The monoisotopic (exact) mass is 486 g/mol. The molecule has 2 atom stereocenters. The van der Waals surface area contributed by atoms with Crippen molar-refractivity contribution in [1.29, 1.82) is 0 Å². The van der Waals surface area contributed by atoms with Crippen LogP contribution in [0.25, 0.3) is 0 Å². The topological polar surface area (TPSA) is 113 Å². The fourth-order valence-electron chi connectivity index (χ4n) is 4.34. The van der Waals surface area contributed by atoms with Crippen LogP contribution in [-0.2, 0) is 21.2 Å². The van der Waals surface area contributed by atoms with Gasteiger partial charge in [-0.25, -0.2) is 17.7 Å². The number of carbonyl (C=O) groups excluding carboxylic acids is 1. The largest absolute Gasteiger partial charge is 0.296 e. The fraction of sp³-hybridized carbons (Fsp3) is 0.375. The van der Waals surface area contributed by atoms with Crippen molar-refractivity contribution in [2.75, 3.05) is 13.6 Å². The zero-order chi connectivity index (χ0) is 25.1. The first-order valence-corrected chi connectivity index (χ1v) is 12.4. The highest BCUT2D eigenvalue weighted by molar-refractivity contribution is 7.89. The zero-order valence-electron chi connectivity index (χ0n) is 19.7. The molecule has 0 bridgehead atoms. The Balaban J connectivity index is 1.82. The first-order chi connectivity index (χ1) is 15.9. The summed E-state index contributed by atoms with van der Waals surface area (Å²) in [5.41, 5.74) is 0.283. The number of carbonyl (C=O) groups is 1. The molecular formula is C24H30N4O5S+. The van der Waals surface area contributed by atoms with Crippen LogP contribution in [0.4, 0.5) is 5.69 Å². The Morgan fingerprint density at radius 3 is 2.35 bits per heavy atom. The van der Waals surface area contributed by atoms with Gasteiger partial charge in [0, 0.05) is 31.5 Å². The second-order valence-corrected chi connectivity index (χ2v) is 11.0. The van der Waals surface area contributed by atoms with Crippen LogP contribution in [0.1, 0.15) is 26.3 Å². The van der Waals surface area contributed by atoms with E-state index in [-0.39, 0.29) is 28.9 Å². The van der Waals surface area contributed by atoms with Crippen molar-refractivity contribution in [1.82, 2.24) is 9.62 Å². The second-order valence-electron chi connectivity index (χ2n) is 9.30. The molecule has 2 aromatic rings. The maximum Gasteiger partial charge on any atom is 0.296 e. The van der Waals surface area contributed by atoms with Crippen molar-refractivity contribution in [2.24, 2.45) is 5.41 Å². The van der Waals surface area contributed by atoms with Crippen molar-refractivity contribution in [3.8, 4) is 0 Å². The van der Waals surface area contributed by atoms with Gasteiger partial charge >= 0.3 is 0 Å². The summed E-state index contributed by atoms with van der Waals surface area (Å²) < 4.78 is 29.7. The summed E-state index contributed by atoms with van der Waals surface area (Å²) >= 11 is 0. The van der Waals surface area contributed by atoms with Gasteiger partial charge in [-0.05, 0) is 11.6 Å². The van der Waals surface area contributed by atoms with Crippen molar-refractivity contribution in [3.63, 3.8) is 0 Å². The maximum absolute atomic E-state index is 13.1. The molecule has 34 heavy (non-hydrogen) atoms. The Morgan fingerprint density at radius 1 is 1.12 bits per heavy atom. The molecule has 9 nitrogen and oxygen atoms in total. The summed E-state index contributed by atoms with van der Waals surface area (Å²) in [4.78, 5) is 25.0. The van der Waals surface area contributed by atoms with Crippen molar-refractivity contribution in [2.45, 2.75) is 44.3 Å². The number of hydrogen-bond donors (Lipinski definition) is 1. The van der Waals surface area contributed by atoms with Gasteiger partial charge in [0.2, 0.25) is 22.2 Å². The van der Waals surface area contributed by atoms with E-state index < -0.39 is 26.7 Å². The number of amides is 1. The molecule has 1 saturated heterocycles. The SMILES string of the molecule is CN1C(=O)[C@@H](Cc2ccccc2)/[N+](=C/[CH]CNS(=O)(=O)c2ccccc2[N+](=O)[O-])[C@H]1C(C)(C)C. The van der Waals surface area contributed by atoms with Crippen LogP contribution in [-0.4, -0.2) is 60.7 Å². The van der Waals surface area contributed by atoms with E-state index >= 15 is 0 Å². The van der Waals surface area contributed by atoms with E-state index in [2.05, 4.69) is 4.72 Å². The molecule has 0 unspecified atom stereocenters. The van der Waals surface area contributed by atoms with Crippen molar-refractivity contribution >= 4 is 27.8 Å². The van der Waals surface area contributed by atoms with Gasteiger partial charge in [-0.3, -0.25) is 19.8 Å². The number of nitrogens with one attached hydrogen (secondary N) is 1. The molecule has 3 rings (SSSR count). The normalized spacial score (nSPS) is 20.2. The van der Waals surface area contributed by atoms with Crippen LogP contribution in [0.5, 0.6) is 0 Å². The lowest BCUT2D eigenvalue weighted by molar-refractivity contribution is -0.596. The van der Waals surface area contributed by atoms with Gasteiger partial charge in [-0.15, -0.1) is 0 Å². The number of nitrogens with zero attached hydrogens (tertiary/aromatic N) is 3. The lowest BCUT2D eigenvalue weighted by atomic mass is 9.91. The summed E-state index contributed by atoms with van der Waals surface area (Å²) in [6.45, 7) is 6.05. The van der Waals surface area contributed by atoms with Gasteiger partial charge in [0.05, 0.1) is 11.3 Å². The summed E-state index contributed by atoms with van der Waals surface area (Å²) in [6.07, 6.45) is 3.65. The molecule has 1 fully saturated rings. The fourth-order valence-corrected chi connectivity index (χ4v) is 5.49. The number of nitro groups is 1. The summed E-state index contributed by atoms with van der Waals surface area (Å²) in [7, 11) is -2.32. The zero-order valence-corrected chi connectivity index (χ0v) is 20.5. The molecule has 181 valence electrons. The predicted octanol–water partition coefficient (Wildman–Crippen LogP) is 2.62. The van der Waals surface area contributed by atoms with Crippen LogP contribution < -0.4 is 4.72 Å². The molecule has 0 spiro atoms. The molecule has 1 heterocycles. The molecular weight excluding hydrogens is 456 g/mol. The van der Waals surface area contributed by atoms with Crippen LogP contribution in [0.3, 0.4) is 0 Å². The van der Waals surface area contributed by atoms with Gasteiger partial charge in [0.15, 0.2) is 4.90 Å². The third-order valence-corrected chi connectivity index (χ3v) is 7.18. The van der Waals surface area contributed by atoms with Crippen molar-refractivity contribution < 1.29 is 22.7 Å². The van der Waals surface area contributed by atoms with Crippen LogP contribution in [0.15, 0.2) is 59.5 Å². The Hall–Kier alpha value is -3.11. The lowest BCUT2D eigenvalue weighted by Gasteiger charge is -2.27. The minimum atomic E-state index is -4.10. The molecule has 1 amide bonds. The number of para-hydroxylation sites is 1. The van der Waals surface area contributed by atoms with E-state index in [0.717, 1.165) is 11.6 Å². The highest BCUT2D eigenvalue weighted by atomic mass is 32.2. The van der Waals surface area contributed by atoms with E-state index in [1.54, 1.807) is 24.6 Å². The number of rotatable bonds is 8. The van der Waals surface area contributed by atoms with E-state index in [9.17, 15) is 23.3 Å². The molecule has 0 saturated carbocycles. The van der Waals surface area contributed by atoms with E-state index in [1.165, 1.54) is 18.2 Å². The minimum Gasteiger partial charge on any atom is -0.282 e. The molecule has 1 radical (unpaired) electrons. The van der Waals surface area contributed by atoms with Crippen LogP contribution in [0.2, 0.25) is 0 Å². The molecule has 1 aliphatic rings. The summed E-state index contributed by atoms with van der Waals surface area (Å²) in [5.74, 6) is -0.00563. The highest BCUT2D eigenvalue weighted by Gasteiger charge is 2.53. The Morgan fingerprint density at radius 2 is 1.74 bits per heavy atom. The Labute approximate surface area is 200 Å². The Kier molecular flexibility index (Phi) is 7.52. The van der Waals surface area contributed by atoms with Gasteiger partial charge in [0.1, 0.15) is 6.21 Å². The van der Waals surface area contributed by atoms with Gasteiger partial charge in [-0.2, -0.15) is 0 Å². The quantitative estimate of drug-likeness (QED) is 0.267. The second kappa shape index (κ2) is 10.0. The average Bonchev–Trinajstić information content (AvgIpc) is 3.02. The molecule has 2 aromatic carbocycles.